The van der Waals surface area contributed by atoms with E-state index in [1.165, 1.54) is 12.8 Å². The molecule has 1 unspecified atom stereocenters. The topological polar surface area (TPSA) is 42.2 Å². The van der Waals surface area contributed by atoms with Crippen molar-refractivity contribution in [2.24, 2.45) is 5.92 Å². The van der Waals surface area contributed by atoms with Crippen molar-refractivity contribution in [3.63, 3.8) is 0 Å². The first-order valence-corrected chi connectivity index (χ1v) is 7.21. The summed E-state index contributed by atoms with van der Waals surface area (Å²) in [4.78, 5) is 4.42. The zero-order chi connectivity index (χ0) is 13.8. The molecular formula is C14H21ClN4. The van der Waals surface area contributed by atoms with E-state index in [-0.39, 0.29) is 0 Å². The third kappa shape index (κ3) is 4.10. The maximum absolute atomic E-state index is 5.92. The van der Waals surface area contributed by atoms with Gasteiger partial charge in [0.15, 0.2) is 5.65 Å². The molecule has 0 spiro atoms. The zero-order valence-electron chi connectivity index (χ0n) is 11.7. The van der Waals surface area contributed by atoms with Crippen molar-refractivity contribution in [2.75, 3.05) is 5.32 Å². The first-order chi connectivity index (χ1) is 9.04. The Labute approximate surface area is 119 Å². The number of anilines is 1. The number of nitrogens with zero attached hydrogens (tertiary/aromatic N) is 3. The number of halogens is 1. The third-order valence-corrected chi connectivity index (χ3v) is 3.31. The van der Waals surface area contributed by atoms with Crippen LogP contribution in [0.3, 0.4) is 0 Å². The summed E-state index contributed by atoms with van der Waals surface area (Å²) in [5.41, 5.74) is 0.807. The molecule has 0 aliphatic heterocycles. The summed E-state index contributed by atoms with van der Waals surface area (Å²) in [6, 6.07) is 4.07. The number of hydrogen-bond donors (Lipinski definition) is 1. The fourth-order valence-electron chi connectivity index (χ4n) is 2.04. The van der Waals surface area contributed by atoms with Crippen LogP contribution in [0.2, 0.25) is 5.02 Å². The quantitative estimate of drug-likeness (QED) is 0.869. The lowest BCUT2D eigenvalue weighted by molar-refractivity contribution is 0.519. The van der Waals surface area contributed by atoms with E-state index in [2.05, 4.69) is 36.2 Å². The largest absolute Gasteiger partial charge is 0.350 e. The van der Waals surface area contributed by atoms with Crippen LogP contribution in [-0.4, -0.2) is 20.6 Å². The standard InChI is InChI=1S/C14H21ClN4/c1-10(2)5-4-6-11(3)16-14-17-13-8-7-12(15)9-19(13)18-14/h7-11H,4-6H2,1-3H3,(H,16,18). The molecule has 5 heteroatoms. The first-order valence-electron chi connectivity index (χ1n) is 6.83. The average Bonchev–Trinajstić information content (AvgIpc) is 2.69. The van der Waals surface area contributed by atoms with E-state index in [0.29, 0.717) is 17.0 Å². The van der Waals surface area contributed by atoms with Crippen LogP contribution in [0.25, 0.3) is 5.65 Å². The molecule has 2 aromatic rings. The third-order valence-electron chi connectivity index (χ3n) is 3.09. The highest BCUT2D eigenvalue weighted by atomic mass is 35.5. The van der Waals surface area contributed by atoms with Gasteiger partial charge in [-0.1, -0.05) is 38.3 Å². The molecule has 19 heavy (non-hydrogen) atoms. The minimum Gasteiger partial charge on any atom is -0.350 e. The molecular weight excluding hydrogens is 260 g/mol. The molecule has 1 N–H and O–H groups in total. The van der Waals surface area contributed by atoms with Crippen LogP contribution in [0.5, 0.6) is 0 Å². The van der Waals surface area contributed by atoms with E-state index in [4.69, 9.17) is 11.6 Å². The van der Waals surface area contributed by atoms with E-state index in [1.54, 1.807) is 10.7 Å². The minimum absolute atomic E-state index is 0.381. The molecule has 0 aromatic carbocycles. The molecule has 0 fully saturated rings. The molecule has 0 aliphatic rings. The van der Waals surface area contributed by atoms with Gasteiger partial charge in [0.1, 0.15) is 0 Å². The predicted octanol–water partition coefficient (Wildman–Crippen LogP) is 4.01. The highest BCUT2D eigenvalue weighted by Crippen LogP contribution is 2.14. The smallest absolute Gasteiger partial charge is 0.243 e. The lowest BCUT2D eigenvalue weighted by Crippen LogP contribution is -2.16. The maximum atomic E-state index is 5.92. The lowest BCUT2D eigenvalue weighted by Gasteiger charge is -2.12. The second-order valence-electron chi connectivity index (χ2n) is 5.46. The molecule has 2 heterocycles. The number of rotatable bonds is 6. The fraction of sp³-hybridized carbons (Fsp3) is 0.571. The van der Waals surface area contributed by atoms with Gasteiger partial charge < -0.3 is 5.32 Å². The molecule has 0 bridgehead atoms. The maximum Gasteiger partial charge on any atom is 0.243 e. The van der Waals surface area contributed by atoms with E-state index < -0.39 is 0 Å². The minimum atomic E-state index is 0.381. The lowest BCUT2D eigenvalue weighted by atomic mass is 10.0. The Balaban J connectivity index is 1.93. The number of hydrogen-bond acceptors (Lipinski definition) is 3. The second kappa shape index (κ2) is 6.24. The van der Waals surface area contributed by atoms with Crippen molar-refractivity contribution in [2.45, 2.75) is 46.1 Å². The van der Waals surface area contributed by atoms with Crippen molar-refractivity contribution in [3.8, 4) is 0 Å². The molecule has 1 atom stereocenters. The van der Waals surface area contributed by atoms with Crippen LogP contribution in [0.4, 0.5) is 5.95 Å². The number of nitrogens with one attached hydrogen (secondary N) is 1. The van der Waals surface area contributed by atoms with Crippen molar-refractivity contribution < 1.29 is 0 Å². The van der Waals surface area contributed by atoms with Gasteiger partial charge in [-0.3, -0.25) is 0 Å². The SMILES string of the molecule is CC(C)CCCC(C)Nc1nc2ccc(Cl)cn2n1. The van der Waals surface area contributed by atoms with Crippen LogP contribution in [-0.2, 0) is 0 Å². The summed E-state index contributed by atoms with van der Waals surface area (Å²) in [7, 11) is 0. The molecule has 0 amide bonds. The molecule has 2 rings (SSSR count). The van der Waals surface area contributed by atoms with Gasteiger partial charge in [-0.2, -0.15) is 4.98 Å². The molecule has 4 nitrogen and oxygen atoms in total. The molecule has 0 saturated heterocycles. The normalized spacial score (nSPS) is 13.1. The molecule has 2 aromatic heterocycles. The van der Waals surface area contributed by atoms with Crippen LogP contribution >= 0.6 is 11.6 Å². The van der Waals surface area contributed by atoms with Crippen LogP contribution in [0.1, 0.15) is 40.0 Å². The van der Waals surface area contributed by atoms with Gasteiger partial charge in [-0.15, -0.1) is 5.10 Å². The molecule has 104 valence electrons. The first kappa shape index (κ1) is 14.1. The van der Waals surface area contributed by atoms with E-state index in [0.717, 1.165) is 18.0 Å². The van der Waals surface area contributed by atoms with E-state index in [9.17, 15) is 0 Å². The highest BCUT2D eigenvalue weighted by molar-refractivity contribution is 6.30. The van der Waals surface area contributed by atoms with Gasteiger partial charge in [0.2, 0.25) is 5.95 Å². The summed E-state index contributed by atoms with van der Waals surface area (Å²) in [6.07, 6.45) is 5.39. The summed E-state index contributed by atoms with van der Waals surface area (Å²) >= 11 is 5.92. The second-order valence-corrected chi connectivity index (χ2v) is 5.89. The van der Waals surface area contributed by atoms with Gasteiger partial charge in [0.25, 0.3) is 0 Å². The predicted molar refractivity (Wildman–Crippen MR) is 79.8 cm³/mol. The van der Waals surface area contributed by atoms with Crippen LogP contribution in [0, 0.1) is 5.92 Å². The molecule has 0 radical (unpaired) electrons. The van der Waals surface area contributed by atoms with Gasteiger partial charge in [-0.05, 0) is 31.4 Å². The fourth-order valence-corrected chi connectivity index (χ4v) is 2.20. The Morgan fingerprint density at radius 1 is 1.26 bits per heavy atom. The van der Waals surface area contributed by atoms with Gasteiger partial charge >= 0.3 is 0 Å². The monoisotopic (exact) mass is 280 g/mol. The summed E-state index contributed by atoms with van der Waals surface area (Å²) in [5.74, 6) is 1.43. The Bertz CT molecular complexity index is 535. The van der Waals surface area contributed by atoms with Crippen LogP contribution in [0.15, 0.2) is 18.3 Å². The van der Waals surface area contributed by atoms with Gasteiger partial charge in [0.05, 0.1) is 5.02 Å². The summed E-state index contributed by atoms with van der Waals surface area (Å²) in [5, 5.41) is 8.37. The van der Waals surface area contributed by atoms with Crippen molar-refractivity contribution in [3.05, 3.63) is 23.4 Å². The summed E-state index contributed by atoms with van der Waals surface area (Å²) < 4.78 is 1.70. The van der Waals surface area contributed by atoms with Crippen molar-refractivity contribution in [1.82, 2.24) is 14.6 Å². The highest BCUT2D eigenvalue weighted by Gasteiger charge is 2.08. The Hall–Kier alpha value is -1.29. The average molecular weight is 281 g/mol. The van der Waals surface area contributed by atoms with E-state index >= 15 is 0 Å². The number of pyridine rings is 1. The van der Waals surface area contributed by atoms with E-state index in [1.807, 2.05) is 12.1 Å². The summed E-state index contributed by atoms with van der Waals surface area (Å²) in [6.45, 7) is 6.68. The van der Waals surface area contributed by atoms with Crippen molar-refractivity contribution in [1.29, 1.82) is 0 Å². The van der Waals surface area contributed by atoms with Crippen molar-refractivity contribution >= 4 is 23.2 Å². The zero-order valence-corrected chi connectivity index (χ0v) is 12.5. The number of fused-ring (bicyclic) bond motifs is 1. The number of aromatic nitrogens is 3. The Kier molecular flexibility index (Phi) is 4.64. The van der Waals surface area contributed by atoms with Crippen LogP contribution < -0.4 is 5.32 Å². The molecule has 0 saturated carbocycles. The van der Waals surface area contributed by atoms with Gasteiger partial charge in [-0.25, -0.2) is 4.52 Å². The van der Waals surface area contributed by atoms with Gasteiger partial charge in [0, 0.05) is 12.2 Å². The molecule has 0 aliphatic carbocycles. The Morgan fingerprint density at radius 2 is 2.05 bits per heavy atom. The Morgan fingerprint density at radius 3 is 2.79 bits per heavy atom.